The Morgan fingerprint density at radius 2 is 2.00 bits per heavy atom. The molecule has 1 aromatic rings. The zero-order chi connectivity index (χ0) is 19.0. The number of amides is 2. The zero-order valence-corrected chi connectivity index (χ0v) is 13.2. The van der Waals surface area contributed by atoms with Crippen LogP contribution >= 0.6 is 0 Å². The minimum absolute atomic E-state index is 0.235. The minimum atomic E-state index is -1.81. The molecule has 1 aliphatic heterocycles. The number of nitro benzene ring substituents is 1. The van der Waals surface area contributed by atoms with Gasteiger partial charge in [-0.15, -0.1) is 0 Å². The number of carbonyl (C=O) groups excluding carboxylic acids is 2. The van der Waals surface area contributed by atoms with Gasteiger partial charge >= 0.3 is 18.0 Å². The Hall–Kier alpha value is -3.50. The number of allylic oxidation sites excluding steroid dienone is 1. The van der Waals surface area contributed by atoms with E-state index in [2.05, 4.69) is 4.74 Å². The molecule has 1 N–H and O–H groups in total. The number of carboxylic acids is 1. The largest absolute Gasteiger partial charge is 0.492 e. The van der Waals surface area contributed by atoms with Crippen molar-refractivity contribution >= 4 is 29.3 Å². The fourth-order valence-corrected chi connectivity index (χ4v) is 2.20. The summed E-state index contributed by atoms with van der Waals surface area (Å²) in [6.45, 7) is 2.94. The third-order valence-electron chi connectivity index (χ3n) is 3.26. The first-order valence-corrected chi connectivity index (χ1v) is 6.63. The maximum atomic E-state index is 14.6. The molecule has 0 unspecified atom stereocenters. The maximum Gasteiger partial charge on any atom is 0.427 e. The van der Waals surface area contributed by atoms with Crippen molar-refractivity contribution in [2.24, 2.45) is 0 Å². The molecule has 1 heterocycles. The summed E-state index contributed by atoms with van der Waals surface area (Å²) < 4.78 is 24.0. The van der Waals surface area contributed by atoms with Gasteiger partial charge in [0.25, 0.3) is 5.69 Å². The Bertz CT molecular complexity index is 857. The normalized spacial score (nSPS) is 13.8. The van der Waals surface area contributed by atoms with Crippen LogP contribution in [0.15, 0.2) is 17.4 Å². The second-order valence-corrected chi connectivity index (χ2v) is 5.04. The topological polar surface area (TPSA) is 136 Å². The summed E-state index contributed by atoms with van der Waals surface area (Å²) in [6.07, 6.45) is -1.28. The van der Waals surface area contributed by atoms with Gasteiger partial charge in [0.15, 0.2) is 22.9 Å². The summed E-state index contributed by atoms with van der Waals surface area (Å²) >= 11 is 0. The van der Waals surface area contributed by atoms with E-state index in [1.54, 1.807) is 0 Å². The summed E-state index contributed by atoms with van der Waals surface area (Å²) in [6, 6.07) is 0.467. The molecule has 2 rings (SSSR count). The van der Waals surface area contributed by atoms with Gasteiger partial charge in [-0.2, -0.15) is 0 Å². The van der Waals surface area contributed by atoms with E-state index in [0.29, 0.717) is 11.6 Å². The zero-order valence-electron chi connectivity index (χ0n) is 13.2. The number of carboxylic acid groups (broad SMARTS) is 1. The molecule has 25 heavy (non-hydrogen) atoms. The van der Waals surface area contributed by atoms with Crippen LogP contribution in [0.2, 0.25) is 0 Å². The molecule has 0 saturated carbocycles. The number of carbonyl (C=O) groups is 3. The molecule has 1 aliphatic rings. The Balaban J connectivity index is 2.80. The first kappa shape index (κ1) is 17.8. The van der Waals surface area contributed by atoms with Crippen LogP contribution in [0.3, 0.4) is 0 Å². The number of nitrogens with zero attached hydrogens (tertiary/aromatic N) is 2. The van der Waals surface area contributed by atoms with Crippen molar-refractivity contribution in [1.82, 2.24) is 0 Å². The molecule has 1 saturated heterocycles. The third kappa shape index (κ3) is 2.75. The summed E-state index contributed by atoms with van der Waals surface area (Å²) in [7, 11) is 0.893. The number of ether oxygens (including phenoxy) is 2. The van der Waals surface area contributed by atoms with E-state index in [9.17, 15) is 28.9 Å². The molecule has 132 valence electrons. The number of anilines is 1. The molecule has 0 aromatic heterocycles. The van der Waals surface area contributed by atoms with E-state index in [1.165, 1.54) is 13.8 Å². The lowest BCUT2D eigenvalue weighted by atomic mass is 10.1. The van der Waals surface area contributed by atoms with E-state index in [0.717, 1.165) is 7.11 Å². The highest BCUT2D eigenvalue weighted by atomic mass is 19.1. The fraction of sp³-hybridized carbons (Fsp3) is 0.214. The van der Waals surface area contributed by atoms with Crippen LogP contribution in [-0.4, -0.2) is 35.1 Å². The third-order valence-corrected chi connectivity index (χ3v) is 3.26. The van der Waals surface area contributed by atoms with Gasteiger partial charge in [0.05, 0.1) is 12.0 Å². The molecule has 0 bridgehead atoms. The van der Waals surface area contributed by atoms with E-state index in [4.69, 9.17) is 9.84 Å². The lowest BCUT2D eigenvalue weighted by molar-refractivity contribution is -0.385. The summed E-state index contributed by atoms with van der Waals surface area (Å²) in [4.78, 5) is 45.7. The number of nitro groups is 1. The van der Waals surface area contributed by atoms with Crippen molar-refractivity contribution in [3.63, 3.8) is 0 Å². The fourth-order valence-electron chi connectivity index (χ4n) is 2.20. The molecule has 1 aromatic carbocycles. The van der Waals surface area contributed by atoms with Gasteiger partial charge in [-0.05, 0) is 19.4 Å². The first-order valence-electron chi connectivity index (χ1n) is 6.63. The van der Waals surface area contributed by atoms with Crippen LogP contribution in [-0.2, 0) is 9.53 Å². The van der Waals surface area contributed by atoms with Crippen LogP contribution in [0.1, 0.15) is 24.2 Å². The number of rotatable bonds is 4. The molecule has 0 aliphatic carbocycles. The van der Waals surface area contributed by atoms with Gasteiger partial charge in [0.2, 0.25) is 0 Å². The van der Waals surface area contributed by atoms with Crippen molar-refractivity contribution in [3.8, 4) is 5.75 Å². The SMILES string of the molecule is COc1c(F)c(N2C(=O)OC(=C(C)C)C2=O)cc([N+](=O)[O-])c1C(=O)O. The van der Waals surface area contributed by atoms with E-state index >= 15 is 0 Å². The monoisotopic (exact) mass is 354 g/mol. The van der Waals surface area contributed by atoms with Crippen LogP contribution in [0, 0.1) is 15.9 Å². The Morgan fingerprint density at radius 3 is 2.40 bits per heavy atom. The van der Waals surface area contributed by atoms with Crippen molar-refractivity contribution in [2.75, 3.05) is 12.0 Å². The lowest BCUT2D eigenvalue weighted by Crippen LogP contribution is -2.30. The molecule has 10 nitrogen and oxygen atoms in total. The average Bonchev–Trinajstić information content (AvgIpc) is 2.81. The Labute approximate surface area is 139 Å². The highest BCUT2D eigenvalue weighted by molar-refractivity contribution is 6.24. The number of aromatic carboxylic acids is 1. The van der Waals surface area contributed by atoms with Gasteiger partial charge < -0.3 is 14.6 Å². The van der Waals surface area contributed by atoms with Crippen LogP contribution < -0.4 is 9.64 Å². The Kier molecular flexibility index (Phi) is 4.42. The second-order valence-electron chi connectivity index (χ2n) is 5.04. The number of cyclic esters (lactones) is 1. The predicted molar refractivity (Wildman–Crippen MR) is 78.9 cm³/mol. The molecule has 1 fully saturated rings. The van der Waals surface area contributed by atoms with E-state index in [-0.39, 0.29) is 10.7 Å². The summed E-state index contributed by atoms with van der Waals surface area (Å²) in [5.41, 5.74) is -2.62. The van der Waals surface area contributed by atoms with Gasteiger partial charge in [0.1, 0.15) is 5.69 Å². The molecule has 11 heteroatoms. The maximum absolute atomic E-state index is 14.6. The van der Waals surface area contributed by atoms with Crippen molar-refractivity contribution in [3.05, 3.63) is 38.9 Å². The number of imide groups is 1. The van der Waals surface area contributed by atoms with E-state index in [1.807, 2.05) is 0 Å². The van der Waals surface area contributed by atoms with E-state index < -0.39 is 51.4 Å². The molecule has 0 spiro atoms. The molecule has 0 atom stereocenters. The van der Waals surface area contributed by atoms with Crippen LogP contribution in [0.4, 0.5) is 20.6 Å². The predicted octanol–water partition coefficient (Wildman–Crippen LogP) is 2.22. The highest BCUT2D eigenvalue weighted by Gasteiger charge is 2.43. The number of hydrogen-bond donors (Lipinski definition) is 1. The van der Waals surface area contributed by atoms with Crippen molar-refractivity contribution < 1.29 is 38.3 Å². The summed E-state index contributed by atoms with van der Waals surface area (Å²) in [5, 5.41) is 20.2. The quantitative estimate of drug-likeness (QED) is 0.494. The Morgan fingerprint density at radius 1 is 1.40 bits per heavy atom. The van der Waals surface area contributed by atoms with Gasteiger partial charge in [-0.25, -0.2) is 18.9 Å². The first-order chi connectivity index (χ1) is 11.6. The van der Waals surface area contributed by atoms with Crippen molar-refractivity contribution in [1.29, 1.82) is 0 Å². The number of hydrogen-bond acceptors (Lipinski definition) is 7. The molecule has 2 amide bonds. The standard InChI is InChI=1S/C14H11FN2O8/c1-5(2)10-12(18)16(14(21)25-10)7-4-6(17(22)23)8(13(19)20)11(24-3)9(7)15/h4H,1-3H3,(H,19,20). The lowest BCUT2D eigenvalue weighted by Gasteiger charge is -2.15. The molecule has 0 radical (unpaired) electrons. The highest BCUT2D eigenvalue weighted by Crippen LogP contribution is 2.40. The number of methoxy groups -OCH3 is 1. The number of benzene rings is 1. The second kappa shape index (κ2) is 6.19. The average molecular weight is 354 g/mol. The smallest absolute Gasteiger partial charge is 0.427 e. The van der Waals surface area contributed by atoms with Gasteiger partial charge in [0, 0.05) is 6.07 Å². The summed E-state index contributed by atoms with van der Waals surface area (Å²) in [5.74, 6) is -5.61. The van der Waals surface area contributed by atoms with Gasteiger partial charge in [-0.1, -0.05) is 0 Å². The van der Waals surface area contributed by atoms with Gasteiger partial charge in [-0.3, -0.25) is 14.9 Å². The number of halogens is 1. The van der Waals surface area contributed by atoms with Crippen LogP contribution in [0.25, 0.3) is 0 Å². The molecular formula is C14H11FN2O8. The minimum Gasteiger partial charge on any atom is -0.492 e. The molecular weight excluding hydrogens is 343 g/mol. The van der Waals surface area contributed by atoms with Crippen LogP contribution in [0.5, 0.6) is 5.75 Å². The van der Waals surface area contributed by atoms with Crippen molar-refractivity contribution in [2.45, 2.75) is 13.8 Å².